The molecular formula is C18H21FN2. The quantitative estimate of drug-likeness (QED) is 0.785. The van der Waals surface area contributed by atoms with Crippen LogP contribution in [0.2, 0.25) is 0 Å². The molecule has 0 bridgehead atoms. The van der Waals surface area contributed by atoms with Gasteiger partial charge in [-0.25, -0.2) is 14.4 Å². The van der Waals surface area contributed by atoms with Gasteiger partial charge < -0.3 is 0 Å². The van der Waals surface area contributed by atoms with Gasteiger partial charge in [-0.05, 0) is 48.8 Å². The maximum absolute atomic E-state index is 13.6. The Labute approximate surface area is 125 Å². The summed E-state index contributed by atoms with van der Waals surface area (Å²) in [6.45, 7) is 4.08. The minimum atomic E-state index is -0.207. The third kappa shape index (κ3) is 3.12. The number of hydrogen-bond donors (Lipinski definition) is 0. The van der Waals surface area contributed by atoms with Crippen LogP contribution in [0.4, 0.5) is 4.39 Å². The normalized spacial score (nSPS) is 22.2. The molecule has 2 nitrogen and oxygen atoms in total. The van der Waals surface area contributed by atoms with Crippen LogP contribution in [0, 0.1) is 18.7 Å². The first-order valence-electron chi connectivity index (χ1n) is 7.72. The summed E-state index contributed by atoms with van der Waals surface area (Å²) in [4.78, 5) is 8.87. The Bertz CT molecular complexity index is 614. The first-order valence-corrected chi connectivity index (χ1v) is 7.72. The maximum atomic E-state index is 13.6. The molecule has 1 aliphatic carbocycles. The summed E-state index contributed by atoms with van der Waals surface area (Å²) < 4.78 is 13.6. The molecular weight excluding hydrogens is 263 g/mol. The first kappa shape index (κ1) is 14.2. The number of aryl methyl sites for hydroxylation is 1. The molecule has 2 aromatic rings. The predicted molar refractivity (Wildman–Crippen MR) is 82.5 cm³/mol. The molecule has 1 saturated carbocycles. The van der Waals surface area contributed by atoms with Gasteiger partial charge in [0, 0.05) is 18.0 Å². The van der Waals surface area contributed by atoms with Crippen LogP contribution in [-0.4, -0.2) is 9.97 Å². The molecule has 1 heterocycles. The third-order valence-electron chi connectivity index (χ3n) is 4.59. The van der Waals surface area contributed by atoms with E-state index < -0.39 is 0 Å². The molecule has 0 unspecified atom stereocenters. The van der Waals surface area contributed by atoms with Crippen LogP contribution >= 0.6 is 0 Å². The van der Waals surface area contributed by atoms with E-state index in [2.05, 4.69) is 16.9 Å². The summed E-state index contributed by atoms with van der Waals surface area (Å²) in [5, 5.41) is 0. The van der Waals surface area contributed by atoms with Gasteiger partial charge >= 0.3 is 0 Å². The molecule has 3 rings (SSSR count). The molecule has 0 radical (unpaired) electrons. The van der Waals surface area contributed by atoms with Crippen molar-refractivity contribution in [3.8, 4) is 11.4 Å². The van der Waals surface area contributed by atoms with Crippen molar-refractivity contribution in [3.05, 3.63) is 47.5 Å². The number of aromatic nitrogens is 2. The van der Waals surface area contributed by atoms with E-state index in [1.165, 1.54) is 37.3 Å². The van der Waals surface area contributed by atoms with E-state index in [0.29, 0.717) is 17.3 Å². The Balaban J connectivity index is 1.79. The van der Waals surface area contributed by atoms with Crippen LogP contribution in [0.5, 0.6) is 0 Å². The molecule has 1 aromatic carbocycles. The molecule has 3 heteroatoms. The second-order valence-electron chi connectivity index (χ2n) is 6.26. The zero-order chi connectivity index (χ0) is 14.8. The third-order valence-corrected chi connectivity index (χ3v) is 4.59. The maximum Gasteiger partial charge on any atom is 0.159 e. The second kappa shape index (κ2) is 5.92. The molecule has 1 fully saturated rings. The van der Waals surface area contributed by atoms with Crippen LogP contribution in [0.15, 0.2) is 30.6 Å². The van der Waals surface area contributed by atoms with E-state index in [0.717, 1.165) is 11.5 Å². The molecule has 0 spiro atoms. The van der Waals surface area contributed by atoms with E-state index in [1.807, 2.05) is 18.5 Å². The molecule has 110 valence electrons. The average Bonchev–Trinajstić information content (AvgIpc) is 2.51. The average molecular weight is 284 g/mol. The van der Waals surface area contributed by atoms with Gasteiger partial charge in [-0.15, -0.1) is 0 Å². The minimum Gasteiger partial charge on any atom is -0.236 e. The van der Waals surface area contributed by atoms with Gasteiger partial charge in [-0.3, -0.25) is 0 Å². The summed E-state index contributed by atoms with van der Waals surface area (Å²) in [6, 6.07) is 5.15. The summed E-state index contributed by atoms with van der Waals surface area (Å²) >= 11 is 0. The Hall–Kier alpha value is -1.77. The van der Waals surface area contributed by atoms with E-state index >= 15 is 0 Å². The van der Waals surface area contributed by atoms with Crippen LogP contribution in [-0.2, 0) is 0 Å². The summed E-state index contributed by atoms with van der Waals surface area (Å²) in [6.07, 6.45) is 8.86. The minimum absolute atomic E-state index is 0.207. The fourth-order valence-electron chi connectivity index (χ4n) is 3.02. The number of nitrogens with zero attached hydrogens (tertiary/aromatic N) is 2. The topological polar surface area (TPSA) is 25.8 Å². The molecule has 1 aromatic heterocycles. The van der Waals surface area contributed by atoms with E-state index in [4.69, 9.17) is 0 Å². The van der Waals surface area contributed by atoms with Crippen molar-refractivity contribution in [1.82, 2.24) is 9.97 Å². The van der Waals surface area contributed by atoms with Crippen molar-refractivity contribution in [3.63, 3.8) is 0 Å². The zero-order valence-corrected chi connectivity index (χ0v) is 12.6. The smallest absolute Gasteiger partial charge is 0.159 e. The van der Waals surface area contributed by atoms with Crippen molar-refractivity contribution in [2.75, 3.05) is 0 Å². The Morgan fingerprint density at radius 2 is 1.71 bits per heavy atom. The number of hydrogen-bond acceptors (Lipinski definition) is 2. The van der Waals surface area contributed by atoms with E-state index in [1.54, 1.807) is 13.0 Å². The highest BCUT2D eigenvalue weighted by atomic mass is 19.1. The van der Waals surface area contributed by atoms with Crippen molar-refractivity contribution < 1.29 is 4.39 Å². The molecule has 0 amide bonds. The molecule has 0 N–H and O–H groups in total. The Morgan fingerprint density at radius 1 is 1.05 bits per heavy atom. The van der Waals surface area contributed by atoms with E-state index in [-0.39, 0.29) is 5.82 Å². The van der Waals surface area contributed by atoms with Gasteiger partial charge in [0.1, 0.15) is 5.82 Å². The lowest BCUT2D eigenvalue weighted by molar-refractivity contribution is 0.347. The SMILES string of the molecule is Cc1ccc(-c2ncc(C3CCC(C)CC3)cn2)cc1F. The van der Waals surface area contributed by atoms with Gasteiger partial charge in [0.2, 0.25) is 0 Å². The van der Waals surface area contributed by atoms with Crippen molar-refractivity contribution in [2.45, 2.75) is 45.4 Å². The molecule has 0 aliphatic heterocycles. The predicted octanol–water partition coefficient (Wildman–Crippen LogP) is 4.88. The fraction of sp³-hybridized carbons (Fsp3) is 0.444. The Kier molecular flexibility index (Phi) is 4.00. The monoisotopic (exact) mass is 284 g/mol. The standard InChI is InChI=1S/C18H21FN2/c1-12-3-6-14(7-4-12)16-10-20-18(21-11-16)15-8-5-13(2)17(19)9-15/h5,8-12,14H,3-4,6-7H2,1-2H3. The van der Waals surface area contributed by atoms with Crippen molar-refractivity contribution in [2.24, 2.45) is 5.92 Å². The number of rotatable bonds is 2. The van der Waals surface area contributed by atoms with Gasteiger partial charge in [0.15, 0.2) is 5.82 Å². The largest absolute Gasteiger partial charge is 0.236 e. The van der Waals surface area contributed by atoms with Crippen molar-refractivity contribution in [1.29, 1.82) is 0 Å². The van der Waals surface area contributed by atoms with Gasteiger partial charge in [-0.2, -0.15) is 0 Å². The Morgan fingerprint density at radius 3 is 2.33 bits per heavy atom. The highest BCUT2D eigenvalue weighted by molar-refractivity contribution is 5.55. The fourth-order valence-corrected chi connectivity index (χ4v) is 3.02. The van der Waals surface area contributed by atoms with Crippen LogP contribution < -0.4 is 0 Å². The van der Waals surface area contributed by atoms with Gasteiger partial charge in [0.05, 0.1) is 0 Å². The molecule has 1 aliphatic rings. The lowest BCUT2D eigenvalue weighted by Gasteiger charge is -2.25. The zero-order valence-electron chi connectivity index (χ0n) is 12.6. The highest BCUT2D eigenvalue weighted by Gasteiger charge is 2.20. The van der Waals surface area contributed by atoms with Gasteiger partial charge in [0.25, 0.3) is 0 Å². The lowest BCUT2D eigenvalue weighted by Crippen LogP contribution is -2.11. The lowest BCUT2D eigenvalue weighted by atomic mass is 9.80. The number of benzene rings is 1. The summed E-state index contributed by atoms with van der Waals surface area (Å²) in [5.74, 6) is 1.82. The second-order valence-corrected chi connectivity index (χ2v) is 6.26. The van der Waals surface area contributed by atoms with Crippen LogP contribution in [0.25, 0.3) is 11.4 Å². The summed E-state index contributed by atoms with van der Waals surface area (Å²) in [5.41, 5.74) is 2.60. The van der Waals surface area contributed by atoms with Gasteiger partial charge in [-0.1, -0.05) is 31.9 Å². The first-order chi connectivity index (χ1) is 10.1. The highest BCUT2D eigenvalue weighted by Crippen LogP contribution is 2.35. The van der Waals surface area contributed by atoms with Crippen molar-refractivity contribution >= 4 is 0 Å². The molecule has 0 atom stereocenters. The number of halogens is 1. The van der Waals surface area contributed by atoms with Crippen LogP contribution in [0.3, 0.4) is 0 Å². The summed E-state index contributed by atoms with van der Waals surface area (Å²) in [7, 11) is 0. The van der Waals surface area contributed by atoms with Crippen LogP contribution in [0.1, 0.15) is 49.7 Å². The van der Waals surface area contributed by atoms with E-state index in [9.17, 15) is 4.39 Å². The molecule has 21 heavy (non-hydrogen) atoms. The molecule has 0 saturated heterocycles.